The highest BCUT2D eigenvalue weighted by Crippen LogP contribution is 2.16. The minimum Gasteiger partial charge on any atom is -0.484 e. The number of rotatable bonds is 9. The van der Waals surface area contributed by atoms with E-state index in [2.05, 4.69) is 4.72 Å². The Morgan fingerprint density at radius 3 is 2.33 bits per heavy atom. The van der Waals surface area contributed by atoms with E-state index in [1.54, 1.807) is 24.1 Å². The topological polar surface area (TPSA) is 75.7 Å². The molecule has 0 saturated carbocycles. The van der Waals surface area contributed by atoms with Gasteiger partial charge in [0.2, 0.25) is 10.0 Å². The van der Waals surface area contributed by atoms with Crippen LogP contribution in [0.25, 0.3) is 0 Å². The monoisotopic (exact) mass is 390 g/mol. The van der Waals surface area contributed by atoms with Gasteiger partial charge in [0.25, 0.3) is 5.91 Å². The van der Waals surface area contributed by atoms with Crippen molar-refractivity contribution < 1.29 is 17.9 Å². The van der Waals surface area contributed by atoms with E-state index in [-0.39, 0.29) is 23.5 Å². The van der Waals surface area contributed by atoms with E-state index in [4.69, 9.17) is 4.74 Å². The van der Waals surface area contributed by atoms with Crippen LogP contribution in [0.3, 0.4) is 0 Å². The fraction of sp³-hybridized carbons (Fsp3) is 0.350. The minimum atomic E-state index is -3.55. The lowest BCUT2D eigenvalue weighted by Gasteiger charge is -2.17. The summed E-state index contributed by atoms with van der Waals surface area (Å²) in [6.07, 6.45) is 0.707. The molecule has 0 bridgehead atoms. The van der Waals surface area contributed by atoms with Crippen LogP contribution in [0.5, 0.6) is 5.75 Å². The summed E-state index contributed by atoms with van der Waals surface area (Å²) in [6, 6.07) is 15.6. The van der Waals surface area contributed by atoms with Gasteiger partial charge >= 0.3 is 0 Å². The maximum atomic E-state index is 12.2. The number of carbonyl (C=O) groups excluding carboxylic acids is 1. The summed E-state index contributed by atoms with van der Waals surface area (Å²) in [5.74, 6) is 0.285. The molecular formula is C20H26N2O4S. The Morgan fingerprint density at radius 2 is 1.74 bits per heavy atom. The Balaban J connectivity index is 1.90. The number of nitrogens with one attached hydrogen (secondary N) is 1. The summed E-state index contributed by atoms with van der Waals surface area (Å²) < 4.78 is 32.5. The maximum absolute atomic E-state index is 12.2. The van der Waals surface area contributed by atoms with Gasteiger partial charge < -0.3 is 9.64 Å². The van der Waals surface area contributed by atoms with Crippen LogP contribution in [0.2, 0.25) is 0 Å². The number of nitrogens with zero attached hydrogens (tertiary/aromatic N) is 1. The summed E-state index contributed by atoms with van der Waals surface area (Å²) in [7, 11) is -1.83. The molecule has 0 heterocycles. The maximum Gasteiger partial charge on any atom is 0.260 e. The standard InChI is InChI=1S/C20H26N2O4S/c1-4-16(2)21-27(24,25)19-12-10-18(11-13-19)26-15-20(23)22(3)14-17-8-6-5-7-9-17/h5-13,16,21H,4,14-15H2,1-3H3/t16-/m0/s1. The summed E-state index contributed by atoms with van der Waals surface area (Å²) in [5.41, 5.74) is 1.04. The van der Waals surface area contributed by atoms with Crippen molar-refractivity contribution in [2.45, 2.75) is 37.8 Å². The highest BCUT2D eigenvalue weighted by molar-refractivity contribution is 7.89. The van der Waals surface area contributed by atoms with E-state index in [1.807, 2.05) is 44.2 Å². The number of likely N-dealkylation sites (N-methyl/N-ethyl adjacent to an activating group) is 1. The zero-order valence-electron chi connectivity index (χ0n) is 15.9. The second-order valence-electron chi connectivity index (χ2n) is 6.43. The van der Waals surface area contributed by atoms with Crippen molar-refractivity contribution in [2.75, 3.05) is 13.7 Å². The highest BCUT2D eigenvalue weighted by atomic mass is 32.2. The molecule has 146 valence electrons. The Bertz CT molecular complexity index is 836. The molecule has 6 nitrogen and oxygen atoms in total. The number of hydrogen-bond acceptors (Lipinski definition) is 4. The van der Waals surface area contributed by atoms with Gasteiger partial charge in [-0.2, -0.15) is 0 Å². The van der Waals surface area contributed by atoms with Crippen LogP contribution in [-0.2, 0) is 21.4 Å². The molecule has 0 saturated heterocycles. The van der Waals surface area contributed by atoms with Gasteiger partial charge in [0, 0.05) is 19.6 Å². The molecule has 0 aliphatic heterocycles. The molecular weight excluding hydrogens is 364 g/mol. The molecule has 2 aromatic carbocycles. The Morgan fingerprint density at radius 1 is 1.11 bits per heavy atom. The summed E-state index contributed by atoms with van der Waals surface area (Å²) in [5, 5.41) is 0. The van der Waals surface area contributed by atoms with Gasteiger partial charge in [0.15, 0.2) is 6.61 Å². The van der Waals surface area contributed by atoms with Crippen molar-refractivity contribution >= 4 is 15.9 Å². The Kier molecular flexibility index (Phi) is 7.38. The van der Waals surface area contributed by atoms with Gasteiger partial charge in [-0.1, -0.05) is 37.3 Å². The average molecular weight is 391 g/mol. The number of hydrogen-bond donors (Lipinski definition) is 1. The van der Waals surface area contributed by atoms with E-state index in [0.29, 0.717) is 18.7 Å². The van der Waals surface area contributed by atoms with E-state index in [0.717, 1.165) is 5.56 Å². The van der Waals surface area contributed by atoms with Crippen molar-refractivity contribution in [3.8, 4) is 5.75 Å². The first-order valence-corrected chi connectivity index (χ1v) is 10.3. The fourth-order valence-electron chi connectivity index (χ4n) is 2.33. The van der Waals surface area contributed by atoms with Crippen LogP contribution in [0, 0.1) is 0 Å². The lowest BCUT2D eigenvalue weighted by atomic mass is 10.2. The first-order valence-electron chi connectivity index (χ1n) is 8.85. The van der Waals surface area contributed by atoms with Gasteiger partial charge in [0.05, 0.1) is 4.90 Å². The molecule has 0 unspecified atom stereocenters. The first-order chi connectivity index (χ1) is 12.8. The second kappa shape index (κ2) is 9.53. The molecule has 2 rings (SSSR count). The first kappa shape index (κ1) is 20.9. The lowest BCUT2D eigenvalue weighted by molar-refractivity contribution is -0.132. The number of carbonyl (C=O) groups is 1. The third-order valence-electron chi connectivity index (χ3n) is 4.15. The molecule has 0 spiro atoms. The van der Waals surface area contributed by atoms with Crippen LogP contribution in [-0.4, -0.2) is 38.9 Å². The third kappa shape index (κ3) is 6.37. The molecule has 1 N–H and O–H groups in total. The quantitative estimate of drug-likeness (QED) is 0.714. The molecule has 0 radical (unpaired) electrons. The molecule has 1 atom stereocenters. The number of benzene rings is 2. The van der Waals surface area contributed by atoms with Crippen LogP contribution in [0.15, 0.2) is 59.5 Å². The number of amides is 1. The second-order valence-corrected chi connectivity index (χ2v) is 8.14. The predicted molar refractivity (Wildman–Crippen MR) is 105 cm³/mol. The molecule has 2 aromatic rings. The number of ether oxygens (including phenoxy) is 1. The van der Waals surface area contributed by atoms with Gasteiger partial charge in [-0.05, 0) is 43.2 Å². The van der Waals surface area contributed by atoms with Crippen LogP contribution >= 0.6 is 0 Å². The van der Waals surface area contributed by atoms with Crippen molar-refractivity contribution in [2.24, 2.45) is 0 Å². The van der Waals surface area contributed by atoms with Crippen molar-refractivity contribution in [3.63, 3.8) is 0 Å². The van der Waals surface area contributed by atoms with Gasteiger partial charge in [0.1, 0.15) is 5.75 Å². The smallest absolute Gasteiger partial charge is 0.260 e. The molecule has 0 aromatic heterocycles. The zero-order valence-corrected chi connectivity index (χ0v) is 16.7. The Hall–Kier alpha value is -2.38. The molecule has 0 fully saturated rings. The minimum absolute atomic E-state index is 0.111. The number of sulfonamides is 1. The van der Waals surface area contributed by atoms with Crippen LogP contribution in [0.4, 0.5) is 0 Å². The third-order valence-corrected chi connectivity index (χ3v) is 5.76. The van der Waals surface area contributed by atoms with Crippen molar-refractivity contribution in [1.29, 1.82) is 0 Å². The lowest BCUT2D eigenvalue weighted by Crippen LogP contribution is -2.32. The molecule has 0 aliphatic carbocycles. The molecule has 1 amide bonds. The van der Waals surface area contributed by atoms with Crippen LogP contribution < -0.4 is 9.46 Å². The van der Waals surface area contributed by atoms with E-state index in [9.17, 15) is 13.2 Å². The predicted octanol–water partition coefficient (Wildman–Crippen LogP) is 2.80. The van der Waals surface area contributed by atoms with Gasteiger partial charge in [-0.15, -0.1) is 0 Å². The zero-order chi connectivity index (χ0) is 19.9. The average Bonchev–Trinajstić information content (AvgIpc) is 2.66. The molecule has 27 heavy (non-hydrogen) atoms. The van der Waals surface area contributed by atoms with Gasteiger partial charge in [-0.25, -0.2) is 13.1 Å². The normalized spacial score (nSPS) is 12.4. The summed E-state index contributed by atoms with van der Waals surface area (Å²) in [6.45, 7) is 4.12. The van der Waals surface area contributed by atoms with Crippen molar-refractivity contribution in [1.82, 2.24) is 9.62 Å². The van der Waals surface area contributed by atoms with E-state index >= 15 is 0 Å². The highest BCUT2D eigenvalue weighted by Gasteiger charge is 2.16. The fourth-order valence-corrected chi connectivity index (χ4v) is 3.66. The van der Waals surface area contributed by atoms with E-state index < -0.39 is 10.0 Å². The largest absolute Gasteiger partial charge is 0.484 e. The summed E-state index contributed by atoms with van der Waals surface area (Å²) >= 11 is 0. The van der Waals surface area contributed by atoms with Crippen LogP contribution in [0.1, 0.15) is 25.8 Å². The Labute approximate surface area is 161 Å². The molecule has 0 aliphatic rings. The summed E-state index contributed by atoms with van der Waals surface area (Å²) in [4.78, 5) is 14.0. The SMILES string of the molecule is CC[C@H](C)NS(=O)(=O)c1ccc(OCC(=O)N(C)Cc2ccccc2)cc1. The van der Waals surface area contributed by atoms with Crippen molar-refractivity contribution in [3.05, 3.63) is 60.2 Å². The van der Waals surface area contributed by atoms with E-state index in [1.165, 1.54) is 12.1 Å². The van der Waals surface area contributed by atoms with Gasteiger partial charge in [-0.3, -0.25) is 4.79 Å². The molecule has 7 heteroatoms.